The molecule has 0 radical (unpaired) electrons. The molecule has 1 fully saturated rings. The molecule has 1 aromatic heterocycles. The molecule has 1 aromatic carbocycles. The number of benzene rings is 1. The van der Waals surface area contributed by atoms with Gasteiger partial charge in [0.15, 0.2) is 0 Å². The summed E-state index contributed by atoms with van der Waals surface area (Å²) in [6, 6.07) is 8.29. The highest BCUT2D eigenvalue weighted by Crippen LogP contribution is 2.28. The van der Waals surface area contributed by atoms with Crippen molar-refractivity contribution in [2.24, 2.45) is 16.1 Å². The Labute approximate surface area is 138 Å². The quantitative estimate of drug-likeness (QED) is 0.628. The van der Waals surface area contributed by atoms with Crippen molar-refractivity contribution in [3.63, 3.8) is 0 Å². The first-order valence-corrected chi connectivity index (χ1v) is 8.94. The molecule has 1 saturated carbocycles. The van der Waals surface area contributed by atoms with Gasteiger partial charge < -0.3 is 0 Å². The van der Waals surface area contributed by atoms with Gasteiger partial charge in [-0.2, -0.15) is 10.2 Å². The van der Waals surface area contributed by atoms with Crippen LogP contribution in [0.5, 0.6) is 0 Å². The summed E-state index contributed by atoms with van der Waals surface area (Å²) in [5.74, 6) is 1.58. The summed E-state index contributed by atoms with van der Waals surface area (Å²) in [6.07, 6.45) is 12.6. The Balaban J connectivity index is 1.52. The van der Waals surface area contributed by atoms with Gasteiger partial charge >= 0.3 is 0 Å². The van der Waals surface area contributed by atoms with Crippen molar-refractivity contribution in [1.29, 1.82) is 0 Å². The Hall–Kier alpha value is -1.84. The smallest absolute Gasteiger partial charge is 0.184 e. The van der Waals surface area contributed by atoms with E-state index < -0.39 is 0 Å². The lowest BCUT2D eigenvalue weighted by molar-refractivity contribution is 0.326. The largest absolute Gasteiger partial charge is 0.203 e. The predicted molar refractivity (Wildman–Crippen MR) is 93.9 cm³/mol. The third-order valence-electron chi connectivity index (χ3n) is 4.86. The zero-order chi connectivity index (χ0) is 15.9. The Morgan fingerprint density at radius 3 is 2.87 bits per heavy atom. The van der Waals surface area contributed by atoms with Crippen LogP contribution in [-0.4, -0.2) is 16.2 Å². The molecular weight excluding hydrogens is 284 g/mol. The molecule has 23 heavy (non-hydrogen) atoms. The van der Waals surface area contributed by atoms with Crippen LogP contribution in [0.1, 0.15) is 58.3 Å². The molecule has 122 valence electrons. The lowest BCUT2D eigenvalue weighted by atomic mass is 9.85. The molecule has 1 unspecified atom stereocenters. The highest BCUT2D eigenvalue weighted by atomic mass is 15.2. The number of hydrogen-bond acceptors (Lipinski definition) is 4. The van der Waals surface area contributed by atoms with E-state index >= 15 is 0 Å². The van der Waals surface area contributed by atoms with Crippen molar-refractivity contribution in [2.75, 3.05) is 0 Å². The Kier molecular flexibility index (Phi) is 5.67. The van der Waals surface area contributed by atoms with E-state index in [9.17, 15) is 0 Å². The van der Waals surface area contributed by atoms with E-state index in [1.165, 1.54) is 44.9 Å². The summed E-state index contributed by atoms with van der Waals surface area (Å²) in [4.78, 5) is 0. The maximum Gasteiger partial charge on any atom is 0.203 e. The van der Waals surface area contributed by atoms with E-state index in [0.29, 0.717) is 5.82 Å². The molecule has 1 aliphatic carbocycles. The maximum absolute atomic E-state index is 4.45. The van der Waals surface area contributed by atoms with Crippen molar-refractivity contribution in [3.8, 4) is 0 Å². The minimum Gasteiger partial charge on any atom is -0.184 e. The molecule has 1 aliphatic rings. The van der Waals surface area contributed by atoms with Crippen LogP contribution in [0.3, 0.4) is 0 Å². The van der Waals surface area contributed by atoms with Crippen LogP contribution in [-0.2, 0) is 0 Å². The standard InChI is InChI=1S/C19H26N4/c1-15(8-7-11-16-9-3-2-4-10-16)21-23-19-18-13-6-5-12-17(18)14-20-22-19/h5-6,12-16H,2-4,7-11H2,1H3. The monoisotopic (exact) mass is 310 g/mol. The van der Waals surface area contributed by atoms with Gasteiger partial charge in [-0.1, -0.05) is 69.2 Å². The number of azo groups is 1. The predicted octanol–water partition coefficient (Wildman–Crippen LogP) is 5.85. The zero-order valence-electron chi connectivity index (χ0n) is 14.0. The van der Waals surface area contributed by atoms with Crippen LogP contribution in [0, 0.1) is 5.92 Å². The van der Waals surface area contributed by atoms with Gasteiger partial charge in [-0.25, -0.2) is 0 Å². The Bertz CT molecular complexity index is 641. The number of rotatable bonds is 6. The second-order valence-corrected chi connectivity index (χ2v) is 6.75. The van der Waals surface area contributed by atoms with Crippen LogP contribution < -0.4 is 0 Å². The molecule has 0 bridgehead atoms. The van der Waals surface area contributed by atoms with Gasteiger partial charge in [-0.15, -0.1) is 10.2 Å². The zero-order valence-corrected chi connectivity index (χ0v) is 14.0. The summed E-state index contributed by atoms with van der Waals surface area (Å²) in [5.41, 5.74) is 0. The molecule has 0 saturated heterocycles. The van der Waals surface area contributed by atoms with Gasteiger partial charge in [0, 0.05) is 10.8 Å². The lowest BCUT2D eigenvalue weighted by Gasteiger charge is -2.21. The van der Waals surface area contributed by atoms with Crippen molar-refractivity contribution in [1.82, 2.24) is 10.2 Å². The maximum atomic E-state index is 4.45. The van der Waals surface area contributed by atoms with Crippen LogP contribution in [0.25, 0.3) is 10.8 Å². The lowest BCUT2D eigenvalue weighted by Crippen LogP contribution is -2.07. The Morgan fingerprint density at radius 2 is 2.00 bits per heavy atom. The first kappa shape index (κ1) is 16.0. The van der Waals surface area contributed by atoms with Crippen LogP contribution >= 0.6 is 0 Å². The highest BCUT2D eigenvalue weighted by molar-refractivity contribution is 5.89. The topological polar surface area (TPSA) is 50.5 Å². The highest BCUT2D eigenvalue weighted by Gasteiger charge is 2.13. The molecule has 0 N–H and O–H groups in total. The van der Waals surface area contributed by atoms with Crippen LogP contribution in [0.15, 0.2) is 40.7 Å². The van der Waals surface area contributed by atoms with E-state index in [1.54, 1.807) is 6.20 Å². The molecule has 4 nitrogen and oxygen atoms in total. The molecule has 3 rings (SSSR count). The minimum atomic E-state index is 0.249. The van der Waals surface area contributed by atoms with Crippen LogP contribution in [0.2, 0.25) is 0 Å². The fourth-order valence-electron chi connectivity index (χ4n) is 3.48. The van der Waals surface area contributed by atoms with E-state index in [4.69, 9.17) is 0 Å². The first-order valence-electron chi connectivity index (χ1n) is 8.94. The molecular formula is C19H26N4. The van der Waals surface area contributed by atoms with E-state index in [2.05, 4.69) is 27.3 Å². The summed E-state index contributed by atoms with van der Waals surface area (Å²) >= 11 is 0. The average Bonchev–Trinajstić information content (AvgIpc) is 2.61. The van der Waals surface area contributed by atoms with Gasteiger partial charge in [0.05, 0.1) is 12.2 Å². The third-order valence-corrected chi connectivity index (χ3v) is 4.86. The SMILES string of the molecule is CC(CCCC1CCCCC1)N=Nc1nncc2ccccc12. The number of nitrogens with zero attached hydrogens (tertiary/aromatic N) is 4. The van der Waals surface area contributed by atoms with Gasteiger partial charge in [0.2, 0.25) is 5.82 Å². The van der Waals surface area contributed by atoms with Gasteiger partial charge in [-0.3, -0.25) is 0 Å². The number of hydrogen-bond donors (Lipinski definition) is 0. The van der Waals surface area contributed by atoms with E-state index in [-0.39, 0.29) is 6.04 Å². The molecule has 2 aromatic rings. The van der Waals surface area contributed by atoms with Crippen molar-refractivity contribution < 1.29 is 0 Å². The van der Waals surface area contributed by atoms with E-state index in [0.717, 1.165) is 23.1 Å². The van der Waals surface area contributed by atoms with Crippen molar-refractivity contribution >= 4 is 16.6 Å². The number of aromatic nitrogens is 2. The van der Waals surface area contributed by atoms with Gasteiger partial charge in [0.1, 0.15) is 0 Å². The minimum absolute atomic E-state index is 0.249. The second-order valence-electron chi connectivity index (χ2n) is 6.75. The molecule has 0 aliphatic heterocycles. The molecule has 0 amide bonds. The van der Waals surface area contributed by atoms with Crippen molar-refractivity contribution in [3.05, 3.63) is 30.5 Å². The fraction of sp³-hybridized carbons (Fsp3) is 0.579. The molecule has 1 heterocycles. The summed E-state index contributed by atoms with van der Waals surface area (Å²) < 4.78 is 0. The Morgan fingerprint density at radius 1 is 1.17 bits per heavy atom. The van der Waals surface area contributed by atoms with Gasteiger partial charge in [-0.05, 0) is 19.3 Å². The second kappa shape index (κ2) is 8.14. The molecule has 4 heteroatoms. The summed E-state index contributed by atoms with van der Waals surface area (Å²) in [5, 5.41) is 19.0. The normalized spacial score (nSPS) is 17.8. The molecule has 1 atom stereocenters. The number of fused-ring (bicyclic) bond motifs is 1. The third kappa shape index (κ3) is 4.57. The molecule has 0 spiro atoms. The van der Waals surface area contributed by atoms with E-state index in [1.807, 2.05) is 24.3 Å². The fourth-order valence-corrected chi connectivity index (χ4v) is 3.48. The van der Waals surface area contributed by atoms with Crippen molar-refractivity contribution in [2.45, 2.75) is 64.3 Å². The van der Waals surface area contributed by atoms with Crippen LogP contribution in [0.4, 0.5) is 5.82 Å². The average molecular weight is 310 g/mol. The first-order chi connectivity index (χ1) is 11.3. The summed E-state index contributed by atoms with van der Waals surface area (Å²) in [7, 11) is 0. The van der Waals surface area contributed by atoms with Gasteiger partial charge in [0.25, 0.3) is 0 Å². The summed E-state index contributed by atoms with van der Waals surface area (Å²) in [6.45, 7) is 2.14.